The minimum absolute atomic E-state index is 0.0164. The second kappa shape index (κ2) is 5.46. The Morgan fingerprint density at radius 3 is 2.47 bits per heavy atom. The Hall–Kier alpha value is -1.14. The first-order valence-corrected chi connectivity index (χ1v) is 5.09. The third kappa shape index (κ3) is 4.32. The smallest absolute Gasteiger partial charge is 0.329 e. The van der Waals surface area contributed by atoms with E-state index in [2.05, 4.69) is 5.32 Å². The second-order valence-electron chi connectivity index (χ2n) is 3.79. The highest BCUT2D eigenvalue weighted by atomic mass is 19.4. The van der Waals surface area contributed by atoms with Gasteiger partial charge in [0.05, 0.1) is 6.54 Å². The van der Waals surface area contributed by atoms with Crippen molar-refractivity contribution in [3.63, 3.8) is 0 Å². The molecule has 1 unspecified atom stereocenters. The summed E-state index contributed by atoms with van der Waals surface area (Å²) in [7, 11) is 0. The van der Waals surface area contributed by atoms with Gasteiger partial charge in [0.1, 0.15) is 5.82 Å². The van der Waals surface area contributed by atoms with Gasteiger partial charge in [0.15, 0.2) is 0 Å². The van der Waals surface area contributed by atoms with E-state index in [1.165, 1.54) is 18.2 Å². The minimum Gasteiger partial charge on any atom is -0.329 e. The Balaban J connectivity index is 2.79. The van der Waals surface area contributed by atoms with Crippen LogP contribution < -0.4 is 11.1 Å². The van der Waals surface area contributed by atoms with E-state index in [9.17, 15) is 17.6 Å². The van der Waals surface area contributed by atoms with Crippen LogP contribution in [0.1, 0.15) is 17.2 Å². The molecule has 0 amide bonds. The quantitative estimate of drug-likeness (QED) is 0.804. The molecular weight excluding hydrogens is 236 g/mol. The van der Waals surface area contributed by atoms with Crippen molar-refractivity contribution in [2.24, 2.45) is 5.73 Å². The van der Waals surface area contributed by atoms with Gasteiger partial charge in [-0.3, -0.25) is 0 Å². The van der Waals surface area contributed by atoms with Gasteiger partial charge >= 0.3 is 6.18 Å². The largest absolute Gasteiger partial charge is 0.401 e. The fourth-order valence-electron chi connectivity index (χ4n) is 1.59. The Morgan fingerprint density at radius 2 is 2.00 bits per heavy atom. The number of alkyl halides is 3. The highest BCUT2D eigenvalue weighted by molar-refractivity contribution is 5.29. The third-order valence-corrected chi connectivity index (χ3v) is 2.39. The van der Waals surface area contributed by atoms with Crippen LogP contribution in [-0.4, -0.2) is 19.3 Å². The third-order valence-electron chi connectivity index (χ3n) is 2.39. The van der Waals surface area contributed by atoms with E-state index < -0.39 is 24.6 Å². The normalized spacial score (nSPS) is 13.8. The summed E-state index contributed by atoms with van der Waals surface area (Å²) in [6, 6.07) is 3.30. The van der Waals surface area contributed by atoms with Gasteiger partial charge in [-0.1, -0.05) is 6.07 Å². The van der Waals surface area contributed by atoms with Crippen LogP contribution in [0, 0.1) is 12.7 Å². The first kappa shape index (κ1) is 13.9. The van der Waals surface area contributed by atoms with E-state index >= 15 is 0 Å². The van der Waals surface area contributed by atoms with E-state index in [1.807, 2.05) is 0 Å². The van der Waals surface area contributed by atoms with Crippen LogP contribution in [0.3, 0.4) is 0 Å². The van der Waals surface area contributed by atoms with E-state index in [4.69, 9.17) is 5.73 Å². The van der Waals surface area contributed by atoms with Gasteiger partial charge in [-0.2, -0.15) is 13.2 Å². The van der Waals surface area contributed by atoms with Crippen molar-refractivity contribution in [3.8, 4) is 0 Å². The average molecular weight is 250 g/mol. The molecule has 1 atom stereocenters. The fourth-order valence-corrected chi connectivity index (χ4v) is 1.59. The molecule has 0 aromatic heterocycles. The Kier molecular flexibility index (Phi) is 4.47. The lowest BCUT2D eigenvalue weighted by Gasteiger charge is -2.20. The van der Waals surface area contributed by atoms with Gasteiger partial charge in [0.25, 0.3) is 0 Å². The zero-order valence-corrected chi connectivity index (χ0v) is 9.31. The molecule has 2 nitrogen and oxygen atoms in total. The van der Waals surface area contributed by atoms with Gasteiger partial charge in [-0.05, 0) is 30.2 Å². The molecule has 96 valence electrons. The minimum atomic E-state index is -4.29. The first-order chi connectivity index (χ1) is 7.83. The van der Waals surface area contributed by atoms with Crippen molar-refractivity contribution in [1.82, 2.24) is 5.32 Å². The van der Waals surface area contributed by atoms with Gasteiger partial charge in [0, 0.05) is 12.6 Å². The van der Waals surface area contributed by atoms with Crippen LogP contribution >= 0.6 is 0 Å². The van der Waals surface area contributed by atoms with Gasteiger partial charge < -0.3 is 11.1 Å². The molecule has 0 fully saturated rings. The number of nitrogens with one attached hydrogen (secondary N) is 1. The van der Waals surface area contributed by atoms with Crippen molar-refractivity contribution in [3.05, 3.63) is 35.1 Å². The number of nitrogens with two attached hydrogens (primary N) is 1. The maximum atomic E-state index is 12.9. The van der Waals surface area contributed by atoms with Crippen molar-refractivity contribution in [2.75, 3.05) is 13.1 Å². The maximum absolute atomic E-state index is 12.9. The van der Waals surface area contributed by atoms with E-state index in [-0.39, 0.29) is 6.54 Å². The molecule has 3 N–H and O–H groups in total. The molecule has 0 aliphatic rings. The molecule has 0 spiro atoms. The lowest BCUT2D eigenvalue weighted by Crippen LogP contribution is -2.36. The number of rotatable bonds is 4. The molecule has 0 saturated carbocycles. The lowest BCUT2D eigenvalue weighted by molar-refractivity contribution is -0.126. The van der Waals surface area contributed by atoms with Gasteiger partial charge in [0.2, 0.25) is 0 Å². The first-order valence-electron chi connectivity index (χ1n) is 5.09. The number of benzene rings is 1. The fraction of sp³-hybridized carbons (Fsp3) is 0.455. The summed E-state index contributed by atoms with van der Waals surface area (Å²) in [6.07, 6.45) is -4.29. The van der Waals surface area contributed by atoms with E-state index in [0.717, 1.165) is 0 Å². The van der Waals surface area contributed by atoms with Crippen molar-refractivity contribution in [1.29, 1.82) is 0 Å². The van der Waals surface area contributed by atoms with Crippen LogP contribution in [0.5, 0.6) is 0 Å². The van der Waals surface area contributed by atoms with Gasteiger partial charge in [-0.25, -0.2) is 4.39 Å². The highest BCUT2D eigenvalue weighted by Gasteiger charge is 2.28. The summed E-state index contributed by atoms with van der Waals surface area (Å²) in [5.41, 5.74) is 6.58. The Bertz CT molecular complexity index is 376. The van der Waals surface area contributed by atoms with Crippen LogP contribution in [0.2, 0.25) is 0 Å². The molecule has 0 bridgehead atoms. The topological polar surface area (TPSA) is 38.0 Å². The van der Waals surface area contributed by atoms with Crippen LogP contribution in [0.25, 0.3) is 0 Å². The number of hydrogen-bond donors (Lipinski definition) is 2. The number of hydrogen-bond acceptors (Lipinski definition) is 2. The SMILES string of the molecule is Cc1cc(F)ccc1C(CN)NCC(F)(F)F. The Morgan fingerprint density at radius 1 is 1.35 bits per heavy atom. The summed E-state index contributed by atoms with van der Waals surface area (Å²) in [6.45, 7) is 0.532. The molecule has 6 heteroatoms. The lowest BCUT2D eigenvalue weighted by atomic mass is 10.0. The number of halogens is 4. The summed E-state index contributed by atoms with van der Waals surface area (Å²) in [5.74, 6) is -0.419. The van der Waals surface area contributed by atoms with E-state index in [0.29, 0.717) is 11.1 Å². The molecular formula is C11H14F4N2. The molecule has 0 aliphatic carbocycles. The molecule has 0 saturated heterocycles. The monoisotopic (exact) mass is 250 g/mol. The molecule has 0 heterocycles. The second-order valence-corrected chi connectivity index (χ2v) is 3.79. The molecule has 0 aliphatic heterocycles. The Labute approximate surface area is 96.8 Å². The zero-order chi connectivity index (χ0) is 13.1. The summed E-state index contributed by atoms with van der Waals surface area (Å²) >= 11 is 0. The van der Waals surface area contributed by atoms with Crippen molar-refractivity contribution < 1.29 is 17.6 Å². The van der Waals surface area contributed by atoms with Crippen LogP contribution in [-0.2, 0) is 0 Å². The molecule has 0 radical (unpaired) electrons. The molecule has 1 rings (SSSR count). The standard InChI is InChI=1S/C11H14F4N2/c1-7-4-8(12)2-3-9(7)10(5-16)17-6-11(13,14)15/h2-4,10,17H,5-6,16H2,1H3. The van der Waals surface area contributed by atoms with Crippen molar-refractivity contribution in [2.45, 2.75) is 19.1 Å². The van der Waals surface area contributed by atoms with Crippen molar-refractivity contribution >= 4 is 0 Å². The molecule has 1 aromatic rings. The molecule has 1 aromatic carbocycles. The predicted octanol–water partition coefficient (Wildman–Crippen LogP) is 2.29. The number of aryl methyl sites for hydroxylation is 1. The van der Waals surface area contributed by atoms with E-state index in [1.54, 1.807) is 6.92 Å². The predicted molar refractivity (Wildman–Crippen MR) is 57.0 cm³/mol. The maximum Gasteiger partial charge on any atom is 0.401 e. The summed E-state index contributed by atoms with van der Waals surface area (Å²) in [5, 5.41) is 2.31. The van der Waals surface area contributed by atoms with Crippen LogP contribution in [0.4, 0.5) is 17.6 Å². The summed E-state index contributed by atoms with van der Waals surface area (Å²) < 4.78 is 49.1. The highest BCUT2D eigenvalue weighted by Crippen LogP contribution is 2.20. The van der Waals surface area contributed by atoms with Gasteiger partial charge in [-0.15, -0.1) is 0 Å². The van der Waals surface area contributed by atoms with Crippen LogP contribution in [0.15, 0.2) is 18.2 Å². The summed E-state index contributed by atoms with van der Waals surface area (Å²) in [4.78, 5) is 0. The molecule has 17 heavy (non-hydrogen) atoms. The zero-order valence-electron chi connectivity index (χ0n) is 9.31. The average Bonchev–Trinajstić information content (AvgIpc) is 2.19.